The van der Waals surface area contributed by atoms with Crippen molar-refractivity contribution in [3.8, 4) is 5.75 Å². The highest BCUT2D eigenvalue weighted by atomic mass is 28.4. The first-order chi connectivity index (χ1) is 15.1. The van der Waals surface area contributed by atoms with Gasteiger partial charge in [0, 0.05) is 30.6 Å². The molecule has 2 aromatic rings. The number of benzene rings is 1. The predicted molar refractivity (Wildman–Crippen MR) is 129 cm³/mol. The molecule has 9 nitrogen and oxygen atoms in total. The molecule has 1 saturated heterocycles. The van der Waals surface area contributed by atoms with E-state index in [9.17, 15) is 4.79 Å². The Morgan fingerprint density at radius 1 is 1.31 bits per heavy atom. The molecule has 1 aliphatic rings. The number of rotatable bonds is 7. The number of hydrogen-bond acceptors (Lipinski definition) is 6. The van der Waals surface area contributed by atoms with E-state index >= 15 is 0 Å². The van der Waals surface area contributed by atoms with Gasteiger partial charge >= 0.3 is 0 Å². The van der Waals surface area contributed by atoms with Gasteiger partial charge < -0.3 is 13.7 Å². The monoisotopic (exact) mass is 458 g/mol. The summed E-state index contributed by atoms with van der Waals surface area (Å²) in [7, 11) is -0.415. The second-order valence-electron chi connectivity index (χ2n) is 9.88. The molecule has 174 valence electrons. The number of fused-ring (bicyclic) bond motifs is 1. The van der Waals surface area contributed by atoms with Crippen LogP contribution in [0.3, 0.4) is 0 Å². The highest BCUT2D eigenvalue weighted by Gasteiger charge is 2.42. The Hall–Kier alpha value is -2.39. The first-order valence-corrected chi connectivity index (χ1v) is 13.9. The van der Waals surface area contributed by atoms with Gasteiger partial charge in [-0.05, 0) is 48.8 Å². The Morgan fingerprint density at radius 2 is 2.06 bits per heavy atom. The Labute approximate surface area is 190 Å². The van der Waals surface area contributed by atoms with Crippen LogP contribution in [0.2, 0.25) is 18.1 Å². The summed E-state index contributed by atoms with van der Waals surface area (Å²) in [4.78, 5) is 22.2. The smallest absolute Gasteiger partial charge is 0.269 e. The lowest BCUT2D eigenvalue weighted by Gasteiger charge is -2.44. The Kier molecular flexibility index (Phi) is 7.29. The van der Waals surface area contributed by atoms with Crippen molar-refractivity contribution in [3.63, 3.8) is 0 Å². The Morgan fingerprint density at radius 3 is 2.72 bits per heavy atom. The summed E-state index contributed by atoms with van der Waals surface area (Å²) in [6, 6.07) is 5.38. The van der Waals surface area contributed by atoms with Crippen LogP contribution >= 0.6 is 0 Å². The minimum Gasteiger partial charge on any atom is -0.497 e. The molecular weight excluding hydrogens is 424 g/mol. The fourth-order valence-corrected chi connectivity index (χ4v) is 5.12. The molecule has 10 heteroatoms. The molecule has 2 atom stereocenters. The fraction of sp³-hybridized carbons (Fsp3) is 0.636. The lowest BCUT2D eigenvalue weighted by molar-refractivity contribution is 0.0597. The second-order valence-corrected chi connectivity index (χ2v) is 14.6. The number of nitrogens with zero attached hydrogens (tertiary/aromatic N) is 6. The van der Waals surface area contributed by atoms with Gasteiger partial charge in [-0.15, -0.1) is 0 Å². The quantitative estimate of drug-likeness (QED) is 0.268. The molecule has 1 aromatic carbocycles. The van der Waals surface area contributed by atoms with Crippen molar-refractivity contribution >= 4 is 19.4 Å². The summed E-state index contributed by atoms with van der Waals surface area (Å²) in [5, 5.41) is 4.10. The van der Waals surface area contributed by atoms with Gasteiger partial charge in [0.25, 0.3) is 5.56 Å². The molecule has 0 amide bonds. The third-order valence-electron chi connectivity index (χ3n) is 6.75. The van der Waals surface area contributed by atoms with Crippen LogP contribution in [0.15, 0.2) is 34.3 Å². The van der Waals surface area contributed by atoms with Crippen molar-refractivity contribution in [3.05, 3.63) is 45.2 Å². The first-order valence-electron chi connectivity index (χ1n) is 11.0. The van der Waals surface area contributed by atoms with E-state index in [0.29, 0.717) is 25.4 Å². The van der Waals surface area contributed by atoms with Crippen LogP contribution in [-0.2, 0) is 11.0 Å². The van der Waals surface area contributed by atoms with Crippen molar-refractivity contribution < 1.29 is 9.16 Å². The second kappa shape index (κ2) is 9.62. The Balaban J connectivity index is 1.78. The molecule has 1 fully saturated rings. The number of ether oxygens (including phenoxy) is 1. The lowest BCUT2D eigenvalue weighted by Crippen LogP contribution is -2.54. The summed E-state index contributed by atoms with van der Waals surface area (Å²) < 4.78 is 13.7. The van der Waals surface area contributed by atoms with E-state index in [1.165, 1.54) is 6.20 Å². The van der Waals surface area contributed by atoms with Crippen LogP contribution in [0.4, 0.5) is 0 Å². The van der Waals surface area contributed by atoms with Crippen molar-refractivity contribution in [1.29, 1.82) is 0 Å². The highest BCUT2D eigenvalue weighted by molar-refractivity contribution is 6.74. The zero-order valence-corrected chi connectivity index (χ0v) is 20.9. The van der Waals surface area contributed by atoms with E-state index in [-0.39, 0.29) is 22.7 Å². The molecule has 0 saturated carbocycles. The summed E-state index contributed by atoms with van der Waals surface area (Å²) in [6.45, 7) is 13.7. The van der Waals surface area contributed by atoms with E-state index in [0.717, 1.165) is 24.0 Å². The van der Waals surface area contributed by atoms with E-state index < -0.39 is 8.32 Å². The number of methoxy groups -OCH3 is 1. The molecule has 32 heavy (non-hydrogen) atoms. The van der Waals surface area contributed by atoms with Crippen molar-refractivity contribution in [2.75, 3.05) is 26.7 Å². The third kappa shape index (κ3) is 5.32. The molecule has 0 bridgehead atoms. The number of hydrogen-bond donors (Lipinski definition) is 0. The zero-order chi connectivity index (χ0) is 23.5. The maximum atomic E-state index is 12.6. The van der Waals surface area contributed by atoms with Crippen LogP contribution in [-0.4, -0.2) is 61.7 Å². The summed E-state index contributed by atoms with van der Waals surface area (Å²) >= 11 is 0. The van der Waals surface area contributed by atoms with E-state index in [2.05, 4.69) is 53.8 Å². The average Bonchev–Trinajstić information content (AvgIpc) is 2.73. The fourth-order valence-electron chi connectivity index (χ4n) is 3.78. The topological polar surface area (TPSA) is 105 Å². The van der Waals surface area contributed by atoms with Gasteiger partial charge in [-0.2, -0.15) is 0 Å². The SMILES string of the molecule is COc1ccc2ncc(=O)n(CCN3CC[C@@H](N=[N+]=[N-])[C@@H](O[Si](C)(C)C(C)(C)C)C3)c2c1. The number of azide groups is 1. The molecule has 0 spiro atoms. The van der Waals surface area contributed by atoms with Gasteiger partial charge in [-0.1, -0.05) is 25.9 Å². The molecule has 3 rings (SSSR count). The summed E-state index contributed by atoms with van der Waals surface area (Å²) in [6.07, 6.45) is 1.96. The number of piperidine rings is 1. The van der Waals surface area contributed by atoms with Gasteiger partial charge in [0.15, 0.2) is 8.32 Å². The van der Waals surface area contributed by atoms with E-state index in [4.69, 9.17) is 14.7 Å². The molecule has 0 N–H and O–H groups in total. The first kappa shape index (κ1) is 24.3. The van der Waals surface area contributed by atoms with Gasteiger partial charge in [0.05, 0.1) is 36.5 Å². The molecule has 2 heterocycles. The van der Waals surface area contributed by atoms with Crippen molar-refractivity contribution in [1.82, 2.24) is 14.5 Å². The molecule has 1 aliphatic heterocycles. The average molecular weight is 459 g/mol. The zero-order valence-electron chi connectivity index (χ0n) is 19.9. The maximum absolute atomic E-state index is 12.6. The van der Waals surface area contributed by atoms with Crippen molar-refractivity contribution in [2.24, 2.45) is 5.11 Å². The van der Waals surface area contributed by atoms with E-state index in [1.54, 1.807) is 11.7 Å². The largest absolute Gasteiger partial charge is 0.497 e. The van der Waals surface area contributed by atoms with Crippen LogP contribution in [0, 0.1) is 0 Å². The highest BCUT2D eigenvalue weighted by Crippen LogP contribution is 2.38. The van der Waals surface area contributed by atoms with E-state index in [1.807, 2.05) is 18.2 Å². The van der Waals surface area contributed by atoms with Gasteiger partial charge in [0.1, 0.15) is 5.75 Å². The lowest BCUT2D eigenvalue weighted by atomic mass is 10.0. The Bertz CT molecular complexity index is 1060. The van der Waals surface area contributed by atoms with Crippen LogP contribution < -0.4 is 10.3 Å². The van der Waals surface area contributed by atoms with Crippen molar-refractivity contribution in [2.45, 2.75) is 64.0 Å². The standard InChI is InChI=1S/C22H34N6O3Si/c1-22(2,3)32(5,6)31-20-15-27(10-9-18(20)25-26-23)11-12-28-19-13-16(30-4)7-8-17(19)24-14-21(28)29/h7-8,13-14,18,20H,9-12,15H2,1-6H3/t18-,20+/m1/s1. The minimum absolute atomic E-state index is 0.0680. The normalized spacial score (nSPS) is 20.2. The van der Waals surface area contributed by atoms with Gasteiger partial charge in [-0.25, -0.2) is 4.98 Å². The number of aromatic nitrogens is 2. The summed E-state index contributed by atoms with van der Waals surface area (Å²) in [5.74, 6) is 0.691. The third-order valence-corrected chi connectivity index (χ3v) is 11.3. The van der Waals surface area contributed by atoms with Crippen LogP contribution in [0.25, 0.3) is 21.5 Å². The van der Waals surface area contributed by atoms with Gasteiger partial charge in [-0.3, -0.25) is 9.69 Å². The minimum atomic E-state index is -2.02. The molecule has 0 radical (unpaired) electrons. The molecule has 0 unspecified atom stereocenters. The maximum Gasteiger partial charge on any atom is 0.269 e. The molecule has 0 aliphatic carbocycles. The summed E-state index contributed by atoms with van der Waals surface area (Å²) in [5.41, 5.74) is 10.4. The van der Waals surface area contributed by atoms with Crippen LogP contribution in [0.5, 0.6) is 5.75 Å². The van der Waals surface area contributed by atoms with Gasteiger partial charge in [0.2, 0.25) is 0 Å². The molecule has 1 aromatic heterocycles. The molecular formula is C22H34N6O3Si. The van der Waals surface area contributed by atoms with Crippen LogP contribution in [0.1, 0.15) is 27.2 Å². The predicted octanol–water partition coefficient (Wildman–Crippen LogP) is 4.18. The number of likely N-dealkylation sites (tertiary alicyclic amines) is 1.